The van der Waals surface area contributed by atoms with Crippen LogP contribution in [0.15, 0.2) is 30.6 Å². The molecule has 0 bridgehead atoms. The van der Waals surface area contributed by atoms with Gasteiger partial charge in [0, 0.05) is 23.8 Å². The minimum Gasteiger partial charge on any atom is -0.462 e. The number of nitrogens with two attached hydrogens (primary N) is 1. The fraction of sp³-hybridized carbons (Fsp3) is 0.520. The molecule has 180 valence electrons. The van der Waals surface area contributed by atoms with Gasteiger partial charge in [-0.3, -0.25) is 0 Å². The Hall–Kier alpha value is -3.20. The van der Waals surface area contributed by atoms with E-state index in [2.05, 4.69) is 20.2 Å². The first kappa shape index (κ1) is 22.6. The van der Waals surface area contributed by atoms with Crippen LogP contribution in [0.5, 0.6) is 0 Å². The van der Waals surface area contributed by atoms with Crippen LogP contribution < -0.4 is 16.4 Å². The lowest BCUT2D eigenvalue weighted by Crippen LogP contribution is -2.33. The van der Waals surface area contributed by atoms with Crippen molar-refractivity contribution in [3.05, 3.63) is 36.2 Å². The van der Waals surface area contributed by atoms with Gasteiger partial charge in [0.1, 0.15) is 0 Å². The molecule has 0 amide bonds. The third kappa shape index (κ3) is 4.84. The highest BCUT2D eigenvalue weighted by atomic mass is 16.5. The molecule has 3 aromatic rings. The van der Waals surface area contributed by atoms with Crippen molar-refractivity contribution in [3.8, 4) is 0 Å². The monoisotopic (exact) mass is 463 g/mol. The summed E-state index contributed by atoms with van der Waals surface area (Å²) < 4.78 is 7.29. The third-order valence-corrected chi connectivity index (χ3v) is 6.90. The van der Waals surface area contributed by atoms with E-state index in [1.165, 1.54) is 12.8 Å². The first-order valence-corrected chi connectivity index (χ1v) is 12.4. The number of hydrogen-bond acceptors (Lipinski definition) is 8. The number of carbonyl (C=O) groups excluding carboxylic acids is 1. The molecule has 2 aromatic heterocycles. The largest absolute Gasteiger partial charge is 0.462 e. The van der Waals surface area contributed by atoms with Crippen molar-refractivity contribution in [3.63, 3.8) is 0 Å². The van der Waals surface area contributed by atoms with E-state index >= 15 is 0 Å². The van der Waals surface area contributed by atoms with Crippen molar-refractivity contribution < 1.29 is 9.53 Å². The maximum Gasteiger partial charge on any atom is 0.338 e. The summed E-state index contributed by atoms with van der Waals surface area (Å²) in [5.74, 6) is 0.937. The minimum atomic E-state index is -0.326. The predicted molar refractivity (Wildman–Crippen MR) is 132 cm³/mol. The number of hydrogen-bond donors (Lipinski definition) is 3. The average molecular weight is 464 g/mol. The number of esters is 1. The fourth-order valence-electron chi connectivity index (χ4n) is 5.00. The van der Waals surface area contributed by atoms with E-state index < -0.39 is 0 Å². The molecule has 34 heavy (non-hydrogen) atoms. The molecule has 2 saturated carbocycles. The van der Waals surface area contributed by atoms with Gasteiger partial charge in [0.05, 0.1) is 18.5 Å². The van der Waals surface area contributed by atoms with E-state index in [1.807, 2.05) is 18.5 Å². The molecule has 2 heterocycles. The summed E-state index contributed by atoms with van der Waals surface area (Å²) in [6.45, 7) is 2.15. The second-order valence-corrected chi connectivity index (χ2v) is 9.34. The zero-order valence-electron chi connectivity index (χ0n) is 19.7. The van der Waals surface area contributed by atoms with E-state index in [0.717, 1.165) is 55.4 Å². The molecule has 0 aliphatic heterocycles. The summed E-state index contributed by atoms with van der Waals surface area (Å²) in [7, 11) is 0. The first-order chi connectivity index (χ1) is 16.6. The maximum atomic E-state index is 12.0. The van der Waals surface area contributed by atoms with Crippen LogP contribution >= 0.6 is 0 Å². The molecular weight excluding hydrogens is 430 g/mol. The van der Waals surface area contributed by atoms with Gasteiger partial charge in [-0.1, -0.05) is 12.8 Å². The molecule has 5 rings (SSSR count). The van der Waals surface area contributed by atoms with Crippen LogP contribution in [0, 0.1) is 0 Å². The molecule has 0 unspecified atom stereocenters. The van der Waals surface area contributed by atoms with Gasteiger partial charge in [0.2, 0.25) is 5.95 Å². The van der Waals surface area contributed by atoms with Gasteiger partial charge in [0.25, 0.3) is 0 Å². The Bertz CT molecular complexity index is 1130. The Labute approximate surface area is 199 Å². The molecule has 1 aromatic carbocycles. The van der Waals surface area contributed by atoms with Gasteiger partial charge in [0.15, 0.2) is 17.0 Å². The van der Waals surface area contributed by atoms with Crippen molar-refractivity contribution in [1.82, 2.24) is 19.5 Å². The molecule has 0 spiro atoms. The van der Waals surface area contributed by atoms with Crippen LogP contribution in [0.3, 0.4) is 0 Å². The standard InChI is InChI=1S/C25H33N7O2/c1-2-34-24(33)16-7-11-18(12-8-16)28-22-21-23(32(15-27-21)20-5-3-4-6-20)31-25(30-22)29-19-13-9-17(26)10-14-19/h7-8,11-12,15,17,19-20H,2-6,9-10,13-14,26H2,1H3,(H2,28,29,30,31)/t17-,19-. The molecule has 9 nitrogen and oxygen atoms in total. The summed E-state index contributed by atoms with van der Waals surface area (Å²) >= 11 is 0. The molecule has 0 saturated heterocycles. The van der Waals surface area contributed by atoms with Crippen LogP contribution in [0.25, 0.3) is 11.2 Å². The highest BCUT2D eigenvalue weighted by Gasteiger charge is 2.24. The Morgan fingerprint density at radius 3 is 2.53 bits per heavy atom. The van der Waals surface area contributed by atoms with Gasteiger partial charge in [-0.2, -0.15) is 9.97 Å². The maximum absolute atomic E-state index is 12.0. The summed E-state index contributed by atoms with van der Waals surface area (Å²) in [5.41, 5.74) is 9.02. The lowest BCUT2D eigenvalue weighted by atomic mass is 9.92. The Morgan fingerprint density at radius 2 is 1.82 bits per heavy atom. The number of fused-ring (bicyclic) bond motifs is 1. The minimum absolute atomic E-state index is 0.292. The highest BCUT2D eigenvalue weighted by molar-refractivity contribution is 5.90. The van der Waals surface area contributed by atoms with Crippen molar-refractivity contribution in [2.45, 2.75) is 76.4 Å². The number of ether oxygens (including phenoxy) is 1. The van der Waals surface area contributed by atoms with E-state index in [4.69, 9.17) is 20.4 Å². The fourth-order valence-corrected chi connectivity index (χ4v) is 5.00. The molecular formula is C25H33N7O2. The topological polar surface area (TPSA) is 120 Å². The number of anilines is 3. The van der Waals surface area contributed by atoms with Gasteiger partial charge >= 0.3 is 5.97 Å². The number of benzene rings is 1. The Balaban J connectivity index is 1.45. The summed E-state index contributed by atoms with van der Waals surface area (Å²) in [5, 5.41) is 6.94. The predicted octanol–water partition coefficient (Wildman–Crippen LogP) is 4.54. The Morgan fingerprint density at radius 1 is 1.09 bits per heavy atom. The van der Waals surface area contributed by atoms with Crippen molar-refractivity contribution in [1.29, 1.82) is 0 Å². The van der Waals surface area contributed by atoms with Crippen molar-refractivity contribution >= 4 is 34.6 Å². The van der Waals surface area contributed by atoms with Crippen LogP contribution in [-0.4, -0.2) is 44.2 Å². The molecule has 4 N–H and O–H groups in total. The van der Waals surface area contributed by atoms with E-state index in [-0.39, 0.29) is 5.97 Å². The van der Waals surface area contributed by atoms with Gasteiger partial charge < -0.3 is 25.7 Å². The number of nitrogens with zero attached hydrogens (tertiary/aromatic N) is 4. The molecule has 0 radical (unpaired) electrons. The molecule has 9 heteroatoms. The summed E-state index contributed by atoms with van der Waals surface area (Å²) in [6, 6.07) is 8.24. The smallest absolute Gasteiger partial charge is 0.338 e. The molecule has 2 aliphatic rings. The normalized spacial score (nSPS) is 21.0. The van der Waals surface area contributed by atoms with Crippen LogP contribution in [0.1, 0.15) is 74.7 Å². The van der Waals surface area contributed by atoms with Crippen LogP contribution in [0.2, 0.25) is 0 Å². The van der Waals surface area contributed by atoms with E-state index in [9.17, 15) is 4.79 Å². The quantitative estimate of drug-likeness (QED) is 0.437. The van der Waals surface area contributed by atoms with Gasteiger partial charge in [-0.05, 0) is 69.7 Å². The van der Waals surface area contributed by atoms with Gasteiger partial charge in [-0.15, -0.1) is 0 Å². The van der Waals surface area contributed by atoms with Crippen molar-refractivity contribution in [2.24, 2.45) is 5.73 Å². The first-order valence-electron chi connectivity index (χ1n) is 12.4. The number of carbonyl (C=O) groups is 1. The zero-order valence-corrected chi connectivity index (χ0v) is 19.7. The van der Waals surface area contributed by atoms with Crippen molar-refractivity contribution in [2.75, 3.05) is 17.2 Å². The summed E-state index contributed by atoms with van der Waals surface area (Å²) in [4.78, 5) is 26.4. The van der Waals surface area contributed by atoms with Crippen LogP contribution in [0.4, 0.5) is 17.5 Å². The lowest BCUT2D eigenvalue weighted by molar-refractivity contribution is 0.0526. The second-order valence-electron chi connectivity index (χ2n) is 9.34. The number of aromatic nitrogens is 4. The molecule has 2 aliphatic carbocycles. The second kappa shape index (κ2) is 9.97. The third-order valence-electron chi connectivity index (χ3n) is 6.90. The Kier molecular flexibility index (Phi) is 6.62. The SMILES string of the molecule is CCOC(=O)c1ccc(Nc2nc(N[C@H]3CC[C@H](N)CC3)nc3c2ncn3C2CCCC2)cc1. The zero-order chi connectivity index (χ0) is 23.5. The highest BCUT2D eigenvalue weighted by Crippen LogP contribution is 2.34. The summed E-state index contributed by atoms with van der Waals surface area (Å²) in [6.07, 6.45) is 10.7. The molecule has 0 atom stereocenters. The van der Waals surface area contributed by atoms with Gasteiger partial charge in [-0.25, -0.2) is 9.78 Å². The number of imidazole rings is 1. The van der Waals surface area contributed by atoms with E-state index in [1.54, 1.807) is 19.1 Å². The number of nitrogens with one attached hydrogen (secondary N) is 2. The lowest BCUT2D eigenvalue weighted by Gasteiger charge is -2.27. The van der Waals surface area contributed by atoms with Crippen LogP contribution in [-0.2, 0) is 4.74 Å². The van der Waals surface area contributed by atoms with E-state index in [0.29, 0.717) is 42.1 Å². The number of rotatable bonds is 7. The molecule has 2 fully saturated rings. The average Bonchev–Trinajstić information content (AvgIpc) is 3.51.